The Balaban J connectivity index is 1.54. The Morgan fingerprint density at radius 2 is 2.00 bits per heavy atom. The molecule has 1 aliphatic rings. The number of carbonyl (C=O) groups is 1. The predicted molar refractivity (Wildman–Crippen MR) is 122 cm³/mol. The summed E-state index contributed by atoms with van der Waals surface area (Å²) in [5.74, 6) is 2.32. The van der Waals surface area contributed by atoms with Gasteiger partial charge in [0.2, 0.25) is 0 Å². The van der Waals surface area contributed by atoms with Gasteiger partial charge in [-0.15, -0.1) is 0 Å². The summed E-state index contributed by atoms with van der Waals surface area (Å²) in [5, 5.41) is 4.04. The first-order chi connectivity index (χ1) is 14.5. The van der Waals surface area contributed by atoms with Crippen molar-refractivity contribution in [3.63, 3.8) is 0 Å². The summed E-state index contributed by atoms with van der Waals surface area (Å²) < 4.78 is 4.99. The van der Waals surface area contributed by atoms with Gasteiger partial charge in [-0.1, -0.05) is 42.4 Å². The van der Waals surface area contributed by atoms with Crippen LogP contribution >= 0.6 is 23.4 Å². The van der Waals surface area contributed by atoms with Gasteiger partial charge >= 0.3 is 0 Å². The number of benzene rings is 1. The zero-order valence-corrected chi connectivity index (χ0v) is 19.1. The van der Waals surface area contributed by atoms with Crippen molar-refractivity contribution < 1.29 is 9.53 Å². The number of nitrogens with one attached hydrogen (secondary N) is 1. The fourth-order valence-electron chi connectivity index (χ4n) is 3.27. The number of methoxy groups -OCH3 is 1. The molecule has 2 aromatic rings. The third-order valence-electron chi connectivity index (χ3n) is 5.16. The Morgan fingerprint density at radius 3 is 2.70 bits per heavy atom. The van der Waals surface area contributed by atoms with E-state index in [1.165, 1.54) is 12.8 Å². The highest BCUT2D eigenvalue weighted by atomic mass is 35.5. The van der Waals surface area contributed by atoms with Crippen LogP contribution in [-0.4, -0.2) is 49.2 Å². The number of nitrogens with zero attached hydrogens (tertiary/aromatic N) is 3. The third-order valence-corrected chi connectivity index (χ3v) is 6.28. The summed E-state index contributed by atoms with van der Waals surface area (Å²) >= 11 is 7.81. The molecule has 0 saturated carbocycles. The van der Waals surface area contributed by atoms with E-state index >= 15 is 0 Å². The van der Waals surface area contributed by atoms with Crippen LogP contribution in [0.5, 0.6) is 0 Å². The first-order valence-corrected chi connectivity index (χ1v) is 11.7. The van der Waals surface area contributed by atoms with E-state index in [0.29, 0.717) is 34.8 Å². The number of thioether (sulfide) groups is 1. The number of piperidine rings is 1. The average Bonchev–Trinajstić information content (AvgIpc) is 2.75. The molecule has 1 amide bonds. The zero-order chi connectivity index (χ0) is 21.3. The topological polar surface area (TPSA) is 67.3 Å². The smallest absolute Gasteiger partial charge is 0.251 e. The zero-order valence-electron chi connectivity index (χ0n) is 17.6. The number of anilines is 1. The van der Waals surface area contributed by atoms with E-state index in [-0.39, 0.29) is 5.91 Å². The molecule has 2 heterocycles. The maximum atomic E-state index is 12.1. The highest BCUT2D eigenvalue weighted by Gasteiger charge is 2.18. The number of aromatic nitrogens is 2. The summed E-state index contributed by atoms with van der Waals surface area (Å²) in [5.41, 5.74) is 1.76. The van der Waals surface area contributed by atoms with Gasteiger partial charge in [0, 0.05) is 50.7 Å². The molecule has 0 spiro atoms. The highest BCUT2D eigenvalue weighted by molar-refractivity contribution is 7.98. The lowest BCUT2D eigenvalue weighted by Gasteiger charge is -2.31. The standard InChI is InChI=1S/C22H29ClN4O2S/c1-16-8-11-27(12-9-16)20-14-19(23)25-22(26-20)30-15-17-4-6-18(7-5-17)21(28)24-10-3-13-29-2/h4-7,14,16H,3,8-13,15H2,1-2H3,(H,24,28). The monoisotopic (exact) mass is 448 g/mol. The number of halogens is 1. The quantitative estimate of drug-likeness (QED) is 0.265. The minimum Gasteiger partial charge on any atom is -0.385 e. The first-order valence-electron chi connectivity index (χ1n) is 10.3. The molecule has 30 heavy (non-hydrogen) atoms. The van der Waals surface area contributed by atoms with Gasteiger partial charge in [-0.2, -0.15) is 0 Å². The van der Waals surface area contributed by atoms with Gasteiger partial charge < -0.3 is 15.0 Å². The average molecular weight is 449 g/mol. The number of hydrogen-bond acceptors (Lipinski definition) is 6. The largest absolute Gasteiger partial charge is 0.385 e. The Hall–Kier alpha value is -1.83. The fraction of sp³-hybridized carbons (Fsp3) is 0.500. The molecule has 1 N–H and O–H groups in total. The molecular weight excluding hydrogens is 420 g/mol. The number of rotatable bonds is 9. The van der Waals surface area contributed by atoms with Gasteiger partial charge in [-0.25, -0.2) is 9.97 Å². The van der Waals surface area contributed by atoms with Gasteiger partial charge in [-0.3, -0.25) is 4.79 Å². The molecule has 0 atom stereocenters. The Bertz CT molecular complexity index is 826. The van der Waals surface area contributed by atoms with Crippen LogP contribution in [0.4, 0.5) is 5.82 Å². The molecule has 0 radical (unpaired) electrons. The van der Waals surface area contributed by atoms with Crippen molar-refractivity contribution in [1.29, 1.82) is 0 Å². The summed E-state index contributed by atoms with van der Waals surface area (Å²) in [6.07, 6.45) is 3.15. The maximum absolute atomic E-state index is 12.1. The van der Waals surface area contributed by atoms with Crippen LogP contribution in [0.3, 0.4) is 0 Å². The van der Waals surface area contributed by atoms with E-state index in [2.05, 4.69) is 22.1 Å². The van der Waals surface area contributed by atoms with Crippen molar-refractivity contribution in [2.24, 2.45) is 5.92 Å². The van der Waals surface area contributed by atoms with Crippen LogP contribution < -0.4 is 10.2 Å². The molecule has 0 bridgehead atoms. The molecule has 1 saturated heterocycles. The van der Waals surface area contributed by atoms with Crippen LogP contribution in [0, 0.1) is 5.92 Å². The summed E-state index contributed by atoms with van der Waals surface area (Å²) in [6, 6.07) is 9.48. The van der Waals surface area contributed by atoms with Crippen molar-refractivity contribution in [3.8, 4) is 0 Å². The lowest BCUT2D eigenvalue weighted by Crippen LogP contribution is -2.33. The van der Waals surface area contributed by atoms with Crippen LogP contribution in [0.15, 0.2) is 35.5 Å². The Kier molecular flexibility index (Phi) is 8.78. The maximum Gasteiger partial charge on any atom is 0.251 e. The van der Waals surface area contributed by atoms with Crippen LogP contribution in [-0.2, 0) is 10.5 Å². The van der Waals surface area contributed by atoms with Gasteiger partial charge in [0.15, 0.2) is 5.16 Å². The molecule has 1 fully saturated rings. The number of ether oxygens (including phenoxy) is 1. The molecule has 162 valence electrons. The molecule has 0 aliphatic carbocycles. The fourth-order valence-corrected chi connectivity index (χ4v) is 4.31. The number of amides is 1. The second-order valence-corrected chi connectivity index (χ2v) is 8.92. The third kappa shape index (κ3) is 6.86. The molecule has 3 rings (SSSR count). The molecular formula is C22H29ClN4O2S. The van der Waals surface area contributed by atoms with Gasteiger partial charge in [-0.05, 0) is 42.9 Å². The second kappa shape index (κ2) is 11.5. The Morgan fingerprint density at radius 1 is 1.27 bits per heavy atom. The van der Waals surface area contributed by atoms with E-state index in [1.54, 1.807) is 18.9 Å². The van der Waals surface area contributed by atoms with Crippen LogP contribution in [0.25, 0.3) is 0 Å². The van der Waals surface area contributed by atoms with Crippen molar-refractivity contribution >= 4 is 35.1 Å². The van der Waals surface area contributed by atoms with E-state index in [9.17, 15) is 4.79 Å². The van der Waals surface area contributed by atoms with Crippen LogP contribution in [0.2, 0.25) is 5.15 Å². The van der Waals surface area contributed by atoms with Crippen molar-refractivity contribution in [2.75, 3.05) is 38.3 Å². The second-order valence-electron chi connectivity index (χ2n) is 7.59. The number of hydrogen-bond donors (Lipinski definition) is 1. The van der Waals surface area contributed by atoms with E-state index in [4.69, 9.17) is 21.3 Å². The SMILES string of the molecule is COCCCNC(=O)c1ccc(CSc2nc(Cl)cc(N3CCC(C)CC3)n2)cc1. The molecule has 1 aromatic heterocycles. The first kappa shape index (κ1) is 22.8. The van der Waals surface area contributed by atoms with Gasteiger partial charge in [0.1, 0.15) is 11.0 Å². The highest BCUT2D eigenvalue weighted by Crippen LogP contribution is 2.27. The van der Waals surface area contributed by atoms with E-state index < -0.39 is 0 Å². The predicted octanol–water partition coefficient (Wildman–Crippen LogP) is 4.42. The van der Waals surface area contributed by atoms with Gasteiger partial charge in [0.05, 0.1) is 0 Å². The van der Waals surface area contributed by atoms with E-state index in [0.717, 1.165) is 36.8 Å². The number of carbonyl (C=O) groups excluding carboxylic acids is 1. The normalized spacial score (nSPS) is 14.7. The van der Waals surface area contributed by atoms with E-state index in [1.807, 2.05) is 30.3 Å². The molecule has 8 heteroatoms. The van der Waals surface area contributed by atoms with Crippen molar-refractivity contribution in [3.05, 3.63) is 46.6 Å². The Labute approximate surface area is 187 Å². The lowest BCUT2D eigenvalue weighted by atomic mass is 9.99. The van der Waals surface area contributed by atoms with Crippen LogP contribution in [0.1, 0.15) is 42.1 Å². The molecule has 6 nitrogen and oxygen atoms in total. The summed E-state index contributed by atoms with van der Waals surface area (Å²) in [7, 11) is 1.65. The minimum absolute atomic E-state index is 0.0658. The van der Waals surface area contributed by atoms with Crippen molar-refractivity contribution in [2.45, 2.75) is 37.1 Å². The lowest BCUT2D eigenvalue weighted by molar-refractivity contribution is 0.0948. The summed E-state index contributed by atoms with van der Waals surface area (Å²) in [6.45, 7) is 5.55. The minimum atomic E-state index is -0.0658. The van der Waals surface area contributed by atoms with Gasteiger partial charge in [0.25, 0.3) is 5.91 Å². The molecule has 0 unspecified atom stereocenters. The molecule has 1 aliphatic heterocycles. The molecule has 1 aromatic carbocycles. The summed E-state index contributed by atoms with van der Waals surface area (Å²) in [4.78, 5) is 23.5. The van der Waals surface area contributed by atoms with Crippen molar-refractivity contribution in [1.82, 2.24) is 15.3 Å².